The molecular weight excluding hydrogens is 148 g/mol. The van der Waals surface area contributed by atoms with Crippen LogP contribution in [0.15, 0.2) is 18.3 Å². The predicted octanol–water partition coefficient (Wildman–Crippen LogP) is 1.91. The van der Waals surface area contributed by atoms with Crippen LogP contribution in [0, 0.1) is 0 Å². The Kier molecular flexibility index (Phi) is 3.35. The van der Waals surface area contributed by atoms with E-state index in [0.717, 1.165) is 6.54 Å². The number of hydrogen-bond acceptors (Lipinski definition) is 1. The first-order valence-electron chi connectivity index (χ1n) is 4.57. The van der Waals surface area contributed by atoms with Gasteiger partial charge in [-0.25, -0.2) is 0 Å². The second kappa shape index (κ2) is 4.31. The van der Waals surface area contributed by atoms with Crippen molar-refractivity contribution in [2.24, 2.45) is 7.05 Å². The Morgan fingerprint density at radius 2 is 2.33 bits per heavy atom. The average molecular weight is 166 g/mol. The van der Waals surface area contributed by atoms with Crippen LogP contribution in [0.1, 0.15) is 26.0 Å². The van der Waals surface area contributed by atoms with E-state index in [0.29, 0.717) is 6.04 Å². The average Bonchev–Trinajstić information content (AvgIpc) is 2.47. The second-order valence-electron chi connectivity index (χ2n) is 3.30. The van der Waals surface area contributed by atoms with Crippen molar-refractivity contribution in [3.05, 3.63) is 24.0 Å². The second-order valence-corrected chi connectivity index (χ2v) is 3.30. The third-order valence-electron chi connectivity index (χ3n) is 2.30. The maximum absolute atomic E-state index is 3.45. The van der Waals surface area contributed by atoms with Gasteiger partial charge in [0.15, 0.2) is 0 Å². The van der Waals surface area contributed by atoms with Gasteiger partial charge in [0.1, 0.15) is 0 Å². The van der Waals surface area contributed by atoms with Gasteiger partial charge in [-0.05, 0) is 25.5 Å². The molecule has 2 nitrogen and oxygen atoms in total. The minimum absolute atomic E-state index is 0.611. The minimum atomic E-state index is 0.611. The van der Waals surface area contributed by atoms with Crippen LogP contribution in [0.5, 0.6) is 0 Å². The molecule has 1 aromatic heterocycles. The van der Waals surface area contributed by atoms with E-state index in [1.807, 2.05) is 0 Å². The van der Waals surface area contributed by atoms with Crippen molar-refractivity contribution in [1.29, 1.82) is 0 Å². The summed E-state index contributed by atoms with van der Waals surface area (Å²) in [5, 5.41) is 3.45. The fraction of sp³-hybridized carbons (Fsp3) is 0.600. The Hall–Kier alpha value is -0.760. The molecule has 0 fully saturated rings. The highest BCUT2D eigenvalue weighted by Crippen LogP contribution is 1.99. The van der Waals surface area contributed by atoms with Crippen molar-refractivity contribution in [2.45, 2.75) is 32.9 Å². The first kappa shape index (κ1) is 9.33. The third-order valence-corrected chi connectivity index (χ3v) is 2.30. The van der Waals surface area contributed by atoms with Gasteiger partial charge in [0, 0.05) is 31.5 Å². The van der Waals surface area contributed by atoms with E-state index in [2.05, 4.69) is 49.1 Å². The number of rotatable bonds is 4. The van der Waals surface area contributed by atoms with Crippen molar-refractivity contribution in [1.82, 2.24) is 9.88 Å². The lowest BCUT2D eigenvalue weighted by Crippen LogP contribution is -2.25. The van der Waals surface area contributed by atoms with E-state index in [1.54, 1.807) is 0 Å². The van der Waals surface area contributed by atoms with E-state index in [1.165, 1.54) is 12.1 Å². The predicted molar refractivity (Wildman–Crippen MR) is 52.0 cm³/mol. The van der Waals surface area contributed by atoms with Crippen LogP contribution < -0.4 is 5.32 Å². The fourth-order valence-corrected chi connectivity index (χ4v) is 1.10. The van der Waals surface area contributed by atoms with Crippen LogP contribution in [-0.2, 0) is 13.6 Å². The SMILES string of the molecule is CC[C@@H](C)NCc1cccn1C. The van der Waals surface area contributed by atoms with Gasteiger partial charge >= 0.3 is 0 Å². The molecule has 0 saturated carbocycles. The van der Waals surface area contributed by atoms with Crippen LogP contribution in [0.2, 0.25) is 0 Å². The van der Waals surface area contributed by atoms with Gasteiger partial charge in [-0.2, -0.15) is 0 Å². The van der Waals surface area contributed by atoms with E-state index >= 15 is 0 Å². The fourth-order valence-electron chi connectivity index (χ4n) is 1.10. The Bertz CT molecular complexity index is 227. The molecule has 1 aromatic rings. The molecule has 2 heteroatoms. The van der Waals surface area contributed by atoms with Crippen molar-refractivity contribution in [3.8, 4) is 0 Å². The van der Waals surface area contributed by atoms with Gasteiger partial charge in [0.05, 0.1) is 0 Å². The van der Waals surface area contributed by atoms with E-state index < -0.39 is 0 Å². The lowest BCUT2D eigenvalue weighted by Gasteiger charge is -2.11. The molecule has 1 atom stereocenters. The van der Waals surface area contributed by atoms with Gasteiger partial charge in [0.2, 0.25) is 0 Å². The van der Waals surface area contributed by atoms with Crippen LogP contribution in [0.4, 0.5) is 0 Å². The zero-order valence-electron chi connectivity index (χ0n) is 8.17. The summed E-state index contributed by atoms with van der Waals surface area (Å²) in [5.41, 5.74) is 1.34. The summed E-state index contributed by atoms with van der Waals surface area (Å²) in [6.45, 7) is 5.38. The Balaban J connectivity index is 2.38. The molecule has 0 aromatic carbocycles. The molecule has 0 unspecified atom stereocenters. The molecule has 1 N–H and O–H groups in total. The first-order valence-corrected chi connectivity index (χ1v) is 4.57. The molecule has 0 aliphatic heterocycles. The zero-order valence-corrected chi connectivity index (χ0v) is 8.17. The van der Waals surface area contributed by atoms with Gasteiger partial charge in [0.25, 0.3) is 0 Å². The van der Waals surface area contributed by atoms with Crippen LogP contribution in [0.25, 0.3) is 0 Å². The molecule has 68 valence electrons. The third kappa shape index (κ3) is 2.38. The topological polar surface area (TPSA) is 17.0 Å². The van der Waals surface area contributed by atoms with Gasteiger partial charge in [-0.15, -0.1) is 0 Å². The number of aromatic nitrogens is 1. The van der Waals surface area contributed by atoms with Crippen LogP contribution >= 0.6 is 0 Å². The lowest BCUT2D eigenvalue weighted by atomic mass is 10.2. The number of hydrogen-bond donors (Lipinski definition) is 1. The monoisotopic (exact) mass is 166 g/mol. The minimum Gasteiger partial charge on any atom is -0.353 e. The molecule has 0 aliphatic carbocycles. The van der Waals surface area contributed by atoms with Gasteiger partial charge in [-0.1, -0.05) is 6.92 Å². The van der Waals surface area contributed by atoms with Crippen molar-refractivity contribution in [2.75, 3.05) is 0 Å². The summed E-state index contributed by atoms with van der Waals surface area (Å²) < 4.78 is 2.15. The Labute approximate surface area is 74.6 Å². The van der Waals surface area contributed by atoms with E-state index in [9.17, 15) is 0 Å². The van der Waals surface area contributed by atoms with E-state index in [4.69, 9.17) is 0 Å². The Morgan fingerprint density at radius 1 is 1.58 bits per heavy atom. The largest absolute Gasteiger partial charge is 0.353 e. The molecule has 0 spiro atoms. The highest BCUT2D eigenvalue weighted by Gasteiger charge is 1.99. The number of nitrogens with one attached hydrogen (secondary N) is 1. The van der Waals surface area contributed by atoms with Gasteiger partial charge in [-0.3, -0.25) is 0 Å². The summed E-state index contributed by atoms with van der Waals surface area (Å²) in [6.07, 6.45) is 3.26. The normalized spacial score (nSPS) is 13.2. The summed E-state index contributed by atoms with van der Waals surface area (Å²) in [4.78, 5) is 0. The summed E-state index contributed by atoms with van der Waals surface area (Å²) in [7, 11) is 2.08. The summed E-state index contributed by atoms with van der Waals surface area (Å²) in [6, 6.07) is 4.84. The molecular formula is C10H18N2. The molecule has 1 heterocycles. The smallest absolute Gasteiger partial charge is 0.0361 e. The van der Waals surface area contributed by atoms with Crippen LogP contribution in [-0.4, -0.2) is 10.6 Å². The Morgan fingerprint density at radius 3 is 2.83 bits per heavy atom. The maximum atomic E-state index is 3.45. The lowest BCUT2D eigenvalue weighted by molar-refractivity contribution is 0.522. The highest BCUT2D eigenvalue weighted by atomic mass is 15.0. The first-order chi connectivity index (χ1) is 5.74. The number of aryl methyl sites for hydroxylation is 1. The molecule has 12 heavy (non-hydrogen) atoms. The molecule has 0 saturated heterocycles. The molecule has 0 radical (unpaired) electrons. The van der Waals surface area contributed by atoms with Gasteiger partial charge < -0.3 is 9.88 Å². The summed E-state index contributed by atoms with van der Waals surface area (Å²) in [5.74, 6) is 0. The van der Waals surface area contributed by atoms with E-state index in [-0.39, 0.29) is 0 Å². The molecule has 0 bridgehead atoms. The quantitative estimate of drug-likeness (QED) is 0.723. The molecule has 0 amide bonds. The van der Waals surface area contributed by atoms with Crippen molar-refractivity contribution >= 4 is 0 Å². The van der Waals surface area contributed by atoms with Crippen molar-refractivity contribution < 1.29 is 0 Å². The molecule has 0 aliphatic rings. The van der Waals surface area contributed by atoms with Crippen molar-refractivity contribution in [3.63, 3.8) is 0 Å². The van der Waals surface area contributed by atoms with Crippen LogP contribution in [0.3, 0.4) is 0 Å². The zero-order chi connectivity index (χ0) is 8.97. The number of nitrogens with zero attached hydrogens (tertiary/aromatic N) is 1. The maximum Gasteiger partial charge on any atom is 0.0361 e. The highest BCUT2D eigenvalue weighted by molar-refractivity contribution is 5.05. The summed E-state index contributed by atoms with van der Waals surface area (Å²) >= 11 is 0. The standard InChI is InChI=1S/C10H18N2/c1-4-9(2)11-8-10-6-5-7-12(10)3/h5-7,9,11H,4,8H2,1-3H3/t9-/m1/s1. The molecule has 1 rings (SSSR count).